The molecule has 0 bridgehead atoms. The van der Waals surface area contributed by atoms with Crippen LogP contribution in [-0.4, -0.2) is 33.4 Å². The first-order chi connectivity index (χ1) is 9.63. The fraction of sp³-hybridized carbons (Fsp3) is 0.625. The Bertz CT molecular complexity index is 394. The zero-order valence-corrected chi connectivity index (χ0v) is 14.7. The van der Waals surface area contributed by atoms with E-state index in [0.717, 1.165) is 24.2 Å². The minimum atomic E-state index is 0.594. The average Bonchev–Trinajstić information content (AvgIpc) is 2.45. The van der Waals surface area contributed by atoms with Crippen molar-refractivity contribution in [3.8, 4) is 0 Å². The summed E-state index contributed by atoms with van der Waals surface area (Å²) in [6.07, 6.45) is 2.33. The van der Waals surface area contributed by atoms with Crippen LogP contribution in [0.25, 0.3) is 0 Å². The van der Waals surface area contributed by atoms with E-state index in [2.05, 4.69) is 65.2 Å². The number of methoxy groups -OCH3 is 1. The maximum absolute atomic E-state index is 5.03. The molecule has 1 aromatic rings. The molecule has 0 aliphatic heterocycles. The summed E-state index contributed by atoms with van der Waals surface area (Å²) >= 11 is 3.70. The summed E-state index contributed by atoms with van der Waals surface area (Å²) in [6, 6.07) is 7.19. The summed E-state index contributed by atoms with van der Waals surface area (Å²) in [4.78, 5) is 2.37. The molecule has 1 rings (SSSR count). The summed E-state index contributed by atoms with van der Waals surface area (Å²) in [6.45, 7) is 6.98. The number of nitrogens with one attached hydrogen (secondary N) is 1. The van der Waals surface area contributed by atoms with Crippen LogP contribution in [0, 0.1) is 0 Å². The van der Waals surface area contributed by atoms with Gasteiger partial charge in [0.25, 0.3) is 0 Å². The fourth-order valence-electron chi connectivity index (χ4n) is 2.39. The van der Waals surface area contributed by atoms with Crippen molar-refractivity contribution in [1.29, 1.82) is 0 Å². The van der Waals surface area contributed by atoms with Crippen LogP contribution in [0.5, 0.6) is 0 Å². The van der Waals surface area contributed by atoms with Crippen molar-refractivity contribution in [3.63, 3.8) is 0 Å². The number of benzene rings is 1. The third-order valence-electron chi connectivity index (χ3n) is 3.69. The number of nitrogens with zero attached hydrogens (tertiary/aromatic N) is 1. The van der Waals surface area contributed by atoms with E-state index in [1.54, 1.807) is 7.11 Å². The van der Waals surface area contributed by atoms with Gasteiger partial charge in [0.05, 0.1) is 12.3 Å². The van der Waals surface area contributed by atoms with Crippen molar-refractivity contribution in [1.82, 2.24) is 5.32 Å². The van der Waals surface area contributed by atoms with Gasteiger partial charge in [-0.2, -0.15) is 0 Å². The Morgan fingerprint density at radius 3 is 2.55 bits per heavy atom. The van der Waals surface area contributed by atoms with E-state index in [4.69, 9.17) is 4.74 Å². The molecule has 0 saturated heterocycles. The van der Waals surface area contributed by atoms with Gasteiger partial charge >= 0.3 is 0 Å². The predicted octanol–water partition coefficient (Wildman–Crippen LogP) is 3.81. The van der Waals surface area contributed by atoms with Gasteiger partial charge < -0.3 is 15.0 Å². The number of ether oxygens (including phenoxy) is 1. The molecule has 4 heteroatoms. The smallest absolute Gasteiger partial charge is 0.0587 e. The van der Waals surface area contributed by atoms with Crippen LogP contribution in [0.3, 0.4) is 0 Å². The number of anilines is 1. The van der Waals surface area contributed by atoms with Gasteiger partial charge in [-0.25, -0.2) is 0 Å². The number of rotatable bonds is 9. The highest BCUT2D eigenvalue weighted by molar-refractivity contribution is 9.10. The molecule has 0 spiro atoms. The summed E-state index contributed by atoms with van der Waals surface area (Å²) < 4.78 is 6.19. The molecule has 0 saturated carbocycles. The summed E-state index contributed by atoms with van der Waals surface area (Å²) in [5.74, 6) is 0. The lowest BCUT2D eigenvalue weighted by Crippen LogP contribution is -2.30. The highest BCUT2D eigenvalue weighted by Gasteiger charge is 2.13. The standard InChI is InChI=1S/C16H27BrN2O/c1-5-14(6-2)19(3)16-8-7-13(11-15(16)17)12-18-9-10-20-4/h7-8,11,14,18H,5-6,9-10,12H2,1-4H3. The SMILES string of the molecule is CCC(CC)N(C)c1ccc(CNCCOC)cc1Br. The van der Waals surface area contributed by atoms with E-state index in [1.165, 1.54) is 24.1 Å². The molecule has 0 amide bonds. The third kappa shape index (κ3) is 5.08. The number of hydrogen-bond acceptors (Lipinski definition) is 3. The van der Waals surface area contributed by atoms with Crippen molar-refractivity contribution in [2.24, 2.45) is 0 Å². The fourth-order valence-corrected chi connectivity index (χ4v) is 3.09. The van der Waals surface area contributed by atoms with Crippen LogP contribution in [0.1, 0.15) is 32.3 Å². The zero-order valence-electron chi connectivity index (χ0n) is 13.1. The maximum atomic E-state index is 5.03. The first kappa shape index (κ1) is 17.5. The molecule has 0 aliphatic carbocycles. The molecule has 20 heavy (non-hydrogen) atoms. The zero-order chi connectivity index (χ0) is 15.0. The lowest BCUT2D eigenvalue weighted by molar-refractivity contribution is 0.199. The van der Waals surface area contributed by atoms with E-state index in [0.29, 0.717) is 6.04 Å². The minimum absolute atomic E-state index is 0.594. The molecule has 0 atom stereocenters. The summed E-state index contributed by atoms with van der Waals surface area (Å²) in [7, 11) is 3.90. The molecule has 0 unspecified atom stereocenters. The highest BCUT2D eigenvalue weighted by Crippen LogP contribution is 2.29. The summed E-state index contributed by atoms with van der Waals surface area (Å²) in [5.41, 5.74) is 2.55. The van der Waals surface area contributed by atoms with Crippen molar-refractivity contribution in [3.05, 3.63) is 28.2 Å². The lowest BCUT2D eigenvalue weighted by atomic mass is 10.1. The van der Waals surface area contributed by atoms with E-state index >= 15 is 0 Å². The van der Waals surface area contributed by atoms with Crippen LogP contribution in [0.4, 0.5) is 5.69 Å². The van der Waals surface area contributed by atoms with Gasteiger partial charge in [0.2, 0.25) is 0 Å². The van der Waals surface area contributed by atoms with Gasteiger partial charge in [0, 0.05) is 37.8 Å². The van der Waals surface area contributed by atoms with E-state index in [9.17, 15) is 0 Å². The predicted molar refractivity (Wildman–Crippen MR) is 90.5 cm³/mol. The maximum Gasteiger partial charge on any atom is 0.0587 e. The molecule has 0 fully saturated rings. The Morgan fingerprint density at radius 1 is 1.30 bits per heavy atom. The second kappa shape index (κ2) is 9.37. The largest absolute Gasteiger partial charge is 0.383 e. The molecule has 1 aromatic carbocycles. The molecule has 114 valence electrons. The van der Waals surface area contributed by atoms with Crippen LogP contribution in [0.15, 0.2) is 22.7 Å². The third-order valence-corrected chi connectivity index (χ3v) is 4.33. The molecule has 0 aromatic heterocycles. The Labute approximate surface area is 131 Å². The molecule has 0 radical (unpaired) electrons. The topological polar surface area (TPSA) is 24.5 Å². The van der Waals surface area contributed by atoms with E-state index < -0.39 is 0 Å². The Balaban J connectivity index is 2.67. The van der Waals surface area contributed by atoms with Gasteiger partial charge in [0.1, 0.15) is 0 Å². The average molecular weight is 343 g/mol. The lowest BCUT2D eigenvalue weighted by Gasteiger charge is -2.29. The normalized spacial score (nSPS) is 11.1. The van der Waals surface area contributed by atoms with Gasteiger partial charge in [-0.05, 0) is 46.5 Å². The second-order valence-corrected chi connectivity index (χ2v) is 5.89. The van der Waals surface area contributed by atoms with Crippen LogP contribution in [-0.2, 0) is 11.3 Å². The molecule has 3 nitrogen and oxygen atoms in total. The molecule has 0 heterocycles. The monoisotopic (exact) mass is 342 g/mol. The van der Waals surface area contributed by atoms with Crippen LogP contribution < -0.4 is 10.2 Å². The molecule has 1 N–H and O–H groups in total. The van der Waals surface area contributed by atoms with Gasteiger partial charge in [-0.3, -0.25) is 0 Å². The molecular formula is C16H27BrN2O. The van der Waals surface area contributed by atoms with Gasteiger partial charge in [0.15, 0.2) is 0 Å². The Hall–Kier alpha value is -0.580. The van der Waals surface area contributed by atoms with Gasteiger partial charge in [-0.15, -0.1) is 0 Å². The van der Waals surface area contributed by atoms with Crippen molar-refractivity contribution in [2.75, 3.05) is 32.2 Å². The number of halogens is 1. The summed E-state index contributed by atoms with van der Waals surface area (Å²) in [5, 5.41) is 3.36. The van der Waals surface area contributed by atoms with Crippen molar-refractivity contribution in [2.45, 2.75) is 39.3 Å². The van der Waals surface area contributed by atoms with Crippen molar-refractivity contribution < 1.29 is 4.74 Å². The quantitative estimate of drug-likeness (QED) is 0.690. The van der Waals surface area contributed by atoms with Crippen molar-refractivity contribution >= 4 is 21.6 Å². The van der Waals surface area contributed by atoms with E-state index in [-0.39, 0.29) is 0 Å². The second-order valence-electron chi connectivity index (χ2n) is 5.04. The molecule has 0 aliphatic rings. The molecular weight excluding hydrogens is 316 g/mol. The highest BCUT2D eigenvalue weighted by atomic mass is 79.9. The first-order valence-corrected chi connectivity index (χ1v) is 8.14. The van der Waals surface area contributed by atoms with Crippen LogP contribution in [0.2, 0.25) is 0 Å². The number of hydrogen-bond donors (Lipinski definition) is 1. The Kier molecular flexibility index (Phi) is 8.19. The van der Waals surface area contributed by atoms with E-state index in [1.807, 2.05) is 0 Å². The first-order valence-electron chi connectivity index (χ1n) is 7.34. The van der Waals surface area contributed by atoms with Crippen LogP contribution >= 0.6 is 15.9 Å². The Morgan fingerprint density at radius 2 is 2.00 bits per heavy atom. The van der Waals surface area contributed by atoms with Gasteiger partial charge in [-0.1, -0.05) is 19.9 Å². The minimum Gasteiger partial charge on any atom is -0.383 e.